The summed E-state index contributed by atoms with van der Waals surface area (Å²) in [5.41, 5.74) is 2.11. The lowest BCUT2D eigenvalue weighted by Gasteiger charge is -2.26. The average molecular weight is 312 g/mol. The molecule has 2 rings (SSSR count). The first-order valence-corrected chi connectivity index (χ1v) is 8.24. The SMILES string of the molecule is Cc1cc(OCCOCCN2CCCCC2)cc(C)c1Cl. The Bertz CT molecular complexity index is 421. The molecule has 21 heavy (non-hydrogen) atoms. The van der Waals surface area contributed by atoms with Gasteiger partial charge in [-0.3, -0.25) is 0 Å². The van der Waals surface area contributed by atoms with Gasteiger partial charge in [0.25, 0.3) is 0 Å². The quantitative estimate of drug-likeness (QED) is 0.714. The predicted octanol–water partition coefficient (Wildman–Crippen LogP) is 3.84. The summed E-state index contributed by atoms with van der Waals surface area (Å²) in [6.07, 6.45) is 4.04. The van der Waals surface area contributed by atoms with Gasteiger partial charge in [0, 0.05) is 11.6 Å². The molecule has 3 nitrogen and oxygen atoms in total. The molecule has 1 aromatic carbocycles. The van der Waals surface area contributed by atoms with Gasteiger partial charge in [-0.1, -0.05) is 18.0 Å². The molecule has 1 saturated heterocycles. The van der Waals surface area contributed by atoms with Crippen molar-refractivity contribution in [3.63, 3.8) is 0 Å². The number of aryl methyl sites for hydroxylation is 2. The number of rotatable bonds is 7. The van der Waals surface area contributed by atoms with E-state index < -0.39 is 0 Å². The molecule has 0 bridgehead atoms. The Hall–Kier alpha value is -0.770. The van der Waals surface area contributed by atoms with Crippen molar-refractivity contribution in [3.8, 4) is 5.75 Å². The third-order valence-electron chi connectivity index (χ3n) is 3.91. The second kappa shape index (κ2) is 8.62. The smallest absolute Gasteiger partial charge is 0.120 e. The zero-order valence-electron chi connectivity index (χ0n) is 13.2. The topological polar surface area (TPSA) is 21.7 Å². The molecule has 1 aliphatic rings. The minimum Gasteiger partial charge on any atom is -0.491 e. The van der Waals surface area contributed by atoms with Crippen molar-refractivity contribution in [3.05, 3.63) is 28.3 Å². The van der Waals surface area contributed by atoms with Gasteiger partial charge >= 0.3 is 0 Å². The summed E-state index contributed by atoms with van der Waals surface area (Å²) < 4.78 is 11.4. The van der Waals surface area contributed by atoms with Crippen molar-refractivity contribution in [2.24, 2.45) is 0 Å². The van der Waals surface area contributed by atoms with Crippen molar-refractivity contribution < 1.29 is 9.47 Å². The number of ether oxygens (including phenoxy) is 2. The lowest BCUT2D eigenvalue weighted by Crippen LogP contribution is -2.32. The lowest BCUT2D eigenvalue weighted by molar-refractivity contribution is 0.0750. The van der Waals surface area contributed by atoms with Gasteiger partial charge in [-0.25, -0.2) is 0 Å². The van der Waals surface area contributed by atoms with Crippen LogP contribution < -0.4 is 4.74 Å². The zero-order chi connectivity index (χ0) is 15.1. The summed E-state index contributed by atoms with van der Waals surface area (Å²) in [4.78, 5) is 2.48. The fraction of sp³-hybridized carbons (Fsp3) is 0.647. The van der Waals surface area contributed by atoms with Gasteiger partial charge < -0.3 is 14.4 Å². The molecule has 0 atom stereocenters. The van der Waals surface area contributed by atoms with Crippen LogP contribution in [-0.4, -0.2) is 44.4 Å². The first-order valence-electron chi connectivity index (χ1n) is 7.86. The molecule has 0 unspecified atom stereocenters. The number of hydrogen-bond acceptors (Lipinski definition) is 3. The fourth-order valence-electron chi connectivity index (χ4n) is 2.69. The van der Waals surface area contributed by atoms with Crippen molar-refractivity contribution in [1.29, 1.82) is 0 Å². The van der Waals surface area contributed by atoms with Crippen LogP contribution in [0.3, 0.4) is 0 Å². The van der Waals surface area contributed by atoms with Gasteiger partial charge in [0.2, 0.25) is 0 Å². The summed E-state index contributed by atoms with van der Waals surface area (Å²) in [5.74, 6) is 0.869. The Kier molecular flexibility index (Phi) is 6.81. The van der Waals surface area contributed by atoms with Gasteiger partial charge in [0.1, 0.15) is 12.4 Å². The third kappa shape index (κ3) is 5.50. The monoisotopic (exact) mass is 311 g/mol. The summed E-state index contributed by atoms with van der Waals surface area (Å²) >= 11 is 6.14. The normalized spacial score (nSPS) is 16.1. The van der Waals surface area contributed by atoms with E-state index in [-0.39, 0.29) is 0 Å². The fourth-order valence-corrected chi connectivity index (χ4v) is 2.80. The molecule has 118 valence electrons. The molecule has 1 aromatic rings. The predicted molar refractivity (Wildman–Crippen MR) is 87.5 cm³/mol. The molecule has 0 spiro atoms. The van der Waals surface area contributed by atoms with Crippen molar-refractivity contribution >= 4 is 11.6 Å². The lowest BCUT2D eigenvalue weighted by atomic mass is 10.1. The van der Waals surface area contributed by atoms with Gasteiger partial charge in [-0.2, -0.15) is 0 Å². The maximum Gasteiger partial charge on any atom is 0.120 e. The Morgan fingerprint density at radius 1 is 1.00 bits per heavy atom. The number of benzene rings is 1. The van der Waals surface area contributed by atoms with E-state index in [0.29, 0.717) is 13.2 Å². The van der Waals surface area contributed by atoms with Gasteiger partial charge in [-0.15, -0.1) is 0 Å². The number of likely N-dealkylation sites (tertiary alicyclic amines) is 1. The van der Waals surface area contributed by atoms with E-state index >= 15 is 0 Å². The van der Waals surface area contributed by atoms with Crippen LogP contribution in [0.5, 0.6) is 5.75 Å². The number of hydrogen-bond donors (Lipinski definition) is 0. The summed E-state index contributed by atoms with van der Waals surface area (Å²) in [6, 6.07) is 3.95. The van der Waals surface area contributed by atoms with Crippen LogP contribution >= 0.6 is 11.6 Å². The molecule has 0 aliphatic carbocycles. The molecule has 0 aromatic heterocycles. The number of halogens is 1. The van der Waals surface area contributed by atoms with Crippen LogP contribution in [0.1, 0.15) is 30.4 Å². The molecular formula is C17H26ClNO2. The first kappa shape index (κ1) is 16.6. The molecule has 0 N–H and O–H groups in total. The van der Waals surface area contributed by atoms with Crippen LogP contribution in [0, 0.1) is 13.8 Å². The molecule has 1 aliphatic heterocycles. The molecule has 0 amide bonds. The van der Waals surface area contributed by atoms with E-state index in [1.165, 1.54) is 32.4 Å². The van der Waals surface area contributed by atoms with Gasteiger partial charge in [0.15, 0.2) is 0 Å². The second-order valence-electron chi connectivity index (χ2n) is 5.73. The van der Waals surface area contributed by atoms with Crippen LogP contribution in [0.15, 0.2) is 12.1 Å². The van der Waals surface area contributed by atoms with E-state index in [4.69, 9.17) is 21.1 Å². The molecule has 1 fully saturated rings. The summed E-state index contributed by atoms with van der Waals surface area (Å²) in [7, 11) is 0. The zero-order valence-corrected chi connectivity index (χ0v) is 13.9. The van der Waals surface area contributed by atoms with E-state index in [1.54, 1.807) is 0 Å². The van der Waals surface area contributed by atoms with Crippen molar-refractivity contribution in [1.82, 2.24) is 4.90 Å². The highest BCUT2D eigenvalue weighted by Crippen LogP contribution is 2.25. The van der Waals surface area contributed by atoms with E-state index in [0.717, 1.165) is 35.1 Å². The highest BCUT2D eigenvalue weighted by molar-refractivity contribution is 6.32. The highest BCUT2D eigenvalue weighted by atomic mass is 35.5. The molecule has 1 heterocycles. The first-order chi connectivity index (χ1) is 10.2. The molecular weight excluding hydrogens is 286 g/mol. The molecule has 0 saturated carbocycles. The van der Waals surface area contributed by atoms with E-state index in [2.05, 4.69) is 4.90 Å². The van der Waals surface area contributed by atoms with Gasteiger partial charge in [0.05, 0.1) is 13.2 Å². The minimum atomic E-state index is 0.584. The number of nitrogens with zero attached hydrogens (tertiary/aromatic N) is 1. The van der Waals surface area contributed by atoms with Crippen LogP contribution in [0.2, 0.25) is 5.02 Å². The average Bonchev–Trinajstić information content (AvgIpc) is 2.49. The van der Waals surface area contributed by atoms with E-state index in [1.807, 2.05) is 26.0 Å². The summed E-state index contributed by atoms with van der Waals surface area (Å²) in [5, 5.41) is 0.820. The van der Waals surface area contributed by atoms with Crippen LogP contribution in [0.25, 0.3) is 0 Å². The maximum atomic E-state index is 6.14. The Labute approximate surface area is 133 Å². The van der Waals surface area contributed by atoms with Crippen LogP contribution in [0.4, 0.5) is 0 Å². The molecule has 0 radical (unpaired) electrons. The Morgan fingerprint density at radius 3 is 2.33 bits per heavy atom. The van der Waals surface area contributed by atoms with E-state index in [9.17, 15) is 0 Å². The number of piperidine rings is 1. The molecule has 4 heteroatoms. The second-order valence-corrected chi connectivity index (χ2v) is 6.11. The highest BCUT2D eigenvalue weighted by Gasteiger charge is 2.09. The standard InChI is InChI=1S/C17H26ClNO2/c1-14-12-16(13-15(2)17(14)18)21-11-10-20-9-8-19-6-4-3-5-7-19/h12-13H,3-11H2,1-2H3. The largest absolute Gasteiger partial charge is 0.491 e. The minimum absolute atomic E-state index is 0.584. The maximum absolute atomic E-state index is 6.14. The van der Waals surface area contributed by atoms with Gasteiger partial charge in [-0.05, 0) is 63.0 Å². The Morgan fingerprint density at radius 2 is 1.67 bits per heavy atom. The van der Waals surface area contributed by atoms with Crippen molar-refractivity contribution in [2.75, 3.05) is 39.5 Å². The Balaban J connectivity index is 1.59. The van der Waals surface area contributed by atoms with Crippen LogP contribution in [-0.2, 0) is 4.74 Å². The van der Waals surface area contributed by atoms with Crippen molar-refractivity contribution in [2.45, 2.75) is 33.1 Å². The summed E-state index contributed by atoms with van der Waals surface area (Å²) in [6.45, 7) is 9.50. The third-order valence-corrected chi connectivity index (χ3v) is 4.50.